The van der Waals surface area contributed by atoms with E-state index < -0.39 is 0 Å². The molecule has 0 heterocycles. The molecule has 0 atom stereocenters. The predicted octanol–water partition coefficient (Wildman–Crippen LogP) is 14.1. The molecule has 6 aromatic rings. The molecule has 1 heteroatoms. The van der Waals surface area contributed by atoms with Crippen LogP contribution in [0.25, 0.3) is 66.1 Å². The zero-order valence-corrected chi connectivity index (χ0v) is 33.7. The minimum Gasteiger partial charge on any atom is -0.0819 e. The number of fused-ring (bicyclic) bond motifs is 4. The molecule has 51 heavy (non-hydrogen) atoms. The van der Waals surface area contributed by atoms with E-state index in [1.54, 1.807) is 0 Å². The SMILES string of the molecule is CB(C)c1ccc2c3c(cccc13)-c1c-2c(-c2cc(C(C)(C)C)cc(C(C)(C)C)c2)c2ccccc2c1-c1cc(C(C)(C)C)cc(C(C)(C)C)c1. The van der Waals surface area contributed by atoms with Crippen molar-refractivity contribution in [2.75, 3.05) is 0 Å². The second-order valence-electron chi connectivity index (χ2n) is 19.7. The Bertz CT molecular complexity index is 2160. The molecule has 0 N–H and O–H groups in total. The van der Waals surface area contributed by atoms with Crippen LogP contribution in [0, 0.1) is 0 Å². The Hall–Kier alpha value is -4.10. The van der Waals surface area contributed by atoms with E-state index in [9.17, 15) is 0 Å². The van der Waals surface area contributed by atoms with Gasteiger partial charge >= 0.3 is 0 Å². The minimum absolute atomic E-state index is 0.0147. The molecule has 0 fully saturated rings. The largest absolute Gasteiger partial charge is 0.170 e. The van der Waals surface area contributed by atoms with E-state index in [0.29, 0.717) is 6.71 Å². The second kappa shape index (κ2) is 11.7. The van der Waals surface area contributed by atoms with Gasteiger partial charge in [-0.05, 0) is 110 Å². The van der Waals surface area contributed by atoms with Crippen molar-refractivity contribution >= 4 is 33.7 Å². The van der Waals surface area contributed by atoms with Crippen LogP contribution in [0.15, 0.2) is 91.0 Å². The van der Waals surface area contributed by atoms with Crippen LogP contribution >= 0.6 is 0 Å². The molecular weight excluding hydrogens is 611 g/mol. The summed E-state index contributed by atoms with van der Waals surface area (Å²) in [6.07, 6.45) is 0. The van der Waals surface area contributed by atoms with Crippen molar-refractivity contribution in [2.24, 2.45) is 0 Å². The van der Waals surface area contributed by atoms with Crippen LogP contribution in [0.1, 0.15) is 105 Å². The number of hydrogen-bond acceptors (Lipinski definition) is 0. The maximum atomic E-state index is 2.50. The lowest BCUT2D eigenvalue weighted by Crippen LogP contribution is -2.23. The van der Waals surface area contributed by atoms with Crippen LogP contribution in [0.3, 0.4) is 0 Å². The van der Waals surface area contributed by atoms with Crippen LogP contribution in [0.5, 0.6) is 0 Å². The van der Waals surface area contributed by atoms with Crippen LogP contribution in [-0.2, 0) is 21.7 Å². The van der Waals surface area contributed by atoms with Gasteiger partial charge in [-0.2, -0.15) is 0 Å². The van der Waals surface area contributed by atoms with Gasteiger partial charge in [-0.15, -0.1) is 0 Å². The van der Waals surface area contributed by atoms with Crippen LogP contribution in [0.4, 0.5) is 0 Å². The summed E-state index contributed by atoms with van der Waals surface area (Å²) in [5, 5.41) is 5.44. The first-order valence-electron chi connectivity index (χ1n) is 19.1. The quantitative estimate of drug-likeness (QED) is 0.164. The number of hydrogen-bond donors (Lipinski definition) is 0. The molecule has 0 aliphatic heterocycles. The van der Waals surface area contributed by atoms with Gasteiger partial charge in [0.05, 0.1) is 0 Å². The van der Waals surface area contributed by atoms with Crippen molar-refractivity contribution < 1.29 is 0 Å². The Kier molecular flexibility index (Phi) is 8.11. The summed E-state index contributed by atoms with van der Waals surface area (Å²) in [6.45, 7) is 33.3. The fourth-order valence-corrected chi connectivity index (χ4v) is 8.20. The van der Waals surface area contributed by atoms with Crippen molar-refractivity contribution in [1.29, 1.82) is 0 Å². The van der Waals surface area contributed by atoms with Crippen molar-refractivity contribution in [3.05, 3.63) is 113 Å². The lowest BCUT2D eigenvalue weighted by Gasteiger charge is -2.29. The molecule has 0 radical (unpaired) electrons. The molecule has 1 aliphatic rings. The molecule has 6 aromatic carbocycles. The van der Waals surface area contributed by atoms with Gasteiger partial charge < -0.3 is 0 Å². The predicted molar refractivity (Wildman–Crippen MR) is 229 cm³/mol. The van der Waals surface area contributed by atoms with Gasteiger partial charge in [0.2, 0.25) is 0 Å². The Morgan fingerprint density at radius 2 is 0.745 bits per heavy atom. The molecule has 0 saturated carbocycles. The molecule has 0 aromatic heterocycles. The summed E-state index contributed by atoms with van der Waals surface area (Å²) in [5.41, 5.74) is 17.9. The molecule has 7 rings (SSSR count). The molecule has 0 nitrogen and oxygen atoms in total. The Morgan fingerprint density at radius 3 is 1.12 bits per heavy atom. The lowest BCUT2D eigenvalue weighted by atomic mass is 9.48. The standard InChI is InChI=1S/C50H57B/c1-47(2,3)32-24-30(25-33(28-32)48(4,5)6)42-36-18-15-16-19-37(36)43(31-26-34(49(7,8)9)29-35(27-31)50(10,11)12)46-40-22-23-41(51(13)14)38-20-17-21-39(44(38)40)45(42)46/h15-29H,1-14H3. The van der Waals surface area contributed by atoms with Crippen molar-refractivity contribution in [3.63, 3.8) is 0 Å². The molecule has 1 aliphatic carbocycles. The highest BCUT2D eigenvalue weighted by Gasteiger charge is 2.33. The summed E-state index contributed by atoms with van der Waals surface area (Å²) < 4.78 is 0. The summed E-state index contributed by atoms with van der Waals surface area (Å²) in [4.78, 5) is 0. The third-order valence-electron chi connectivity index (χ3n) is 11.4. The van der Waals surface area contributed by atoms with Crippen LogP contribution in [-0.4, -0.2) is 6.71 Å². The third kappa shape index (κ3) is 5.95. The number of rotatable bonds is 3. The highest BCUT2D eigenvalue weighted by atomic mass is 14.4. The average Bonchev–Trinajstić information content (AvgIpc) is 3.36. The molecule has 0 amide bonds. The van der Waals surface area contributed by atoms with E-state index in [-0.39, 0.29) is 21.7 Å². The smallest absolute Gasteiger partial charge is 0.0819 e. The molecule has 260 valence electrons. The Labute approximate surface area is 308 Å². The van der Waals surface area contributed by atoms with Gasteiger partial charge in [0.1, 0.15) is 0 Å². The second-order valence-corrected chi connectivity index (χ2v) is 19.7. The summed E-state index contributed by atoms with van der Waals surface area (Å²) in [6, 6.07) is 36.1. The van der Waals surface area contributed by atoms with E-state index in [2.05, 4.69) is 188 Å². The van der Waals surface area contributed by atoms with Gasteiger partial charge in [0.15, 0.2) is 6.71 Å². The Morgan fingerprint density at radius 1 is 0.373 bits per heavy atom. The van der Waals surface area contributed by atoms with Crippen molar-refractivity contribution in [2.45, 2.75) is 118 Å². The van der Waals surface area contributed by atoms with Crippen molar-refractivity contribution in [3.8, 4) is 44.5 Å². The lowest BCUT2D eigenvalue weighted by molar-refractivity contribution is 0.568. The van der Waals surface area contributed by atoms with Gasteiger partial charge in [-0.25, -0.2) is 0 Å². The fraction of sp³-hybridized carbons (Fsp3) is 0.360. The highest BCUT2D eigenvalue weighted by Crippen LogP contribution is 2.58. The maximum Gasteiger partial charge on any atom is 0.170 e. The average molecular weight is 669 g/mol. The fourth-order valence-electron chi connectivity index (χ4n) is 8.20. The van der Waals surface area contributed by atoms with E-state index in [1.165, 1.54) is 93.8 Å². The zero-order chi connectivity index (χ0) is 37.0. The first-order valence-corrected chi connectivity index (χ1v) is 19.1. The first-order chi connectivity index (χ1) is 23.7. The molecule has 0 saturated heterocycles. The van der Waals surface area contributed by atoms with Gasteiger partial charge in [0, 0.05) is 0 Å². The highest BCUT2D eigenvalue weighted by molar-refractivity contribution is 6.73. The monoisotopic (exact) mass is 668 g/mol. The van der Waals surface area contributed by atoms with Crippen LogP contribution < -0.4 is 5.46 Å². The summed E-state index contributed by atoms with van der Waals surface area (Å²) in [5.74, 6) is 0. The zero-order valence-electron chi connectivity index (χ0n) is 33.7. The number of benzene rings is 6. The molecule has 0 bridgehead atoms. The van der Waals surface area contributed by atoms with Crippen molar-refractivity contribution in [1.82, 2.24) is 0 Å². The molecular formula is C50H57B. The summed E-state index contributed by atoms with van der Waals surface area (Å²) in [7, 11) is 0. The van der Waals surface area contributed by atoms with E-state index in [0.717, 1.165) is 0 Å². The van der Waals surface area contributed by atoms with E-state index in [4.69, 9.17) is 0 Å². The van der Waals surface area contributed by atoms with Crippen LogP contribution in [0.2, 0.25) is 13.6 Å². The topological polar surface area (TPSA) is 0 Å². The third-order valence-corrected chi connectivity index (χ3v) is 11.4. The molecule has 0 unspecified atom stereocenters. The van der Waals surface area contributed by atoms with Gasteiger partial charge in [-0.3, -0.25) is 0 Å². The Balaban J connectivity index is 1.73. The van der Waals surface area contributed by atoms with Gasteiger partial charge in [-0.1, -0.05) is 193 Å². The maximum absolute atomic E-state index is 2.50. The normalized spacial score (nSPS) is 13.3. The molecule has 0 spiro atoms. The summed E-state index contributed by atoms with van der Waals surface area (Å²) >= 11 is 0. The van der Waals surface area contributed by atoms with E-state index >= 15 is 0 Å². The first kappa shape index (κ1) is 35.3. The van der Waals surface area contributed by atoms with Gasteiger partial charge in [0.25, 0.3) is 0 Å². The van der Waals surface area contributed by atoms with E-state index in [1.807, 2.05) is 0 Å². The minimum atomic E-state index is 0.0147.